The van der Waals surface area contributed by atoms with Crippen molar-refractivity contribution >= 4 is 93.7 Å². The summed E-state index contributed by atoms with van der Waals surface area (Å²) in [7, 11) is 0. The van der Waals surface area contributed by atoms with Crippen LogP contribution in [0.2, 0.25) is 0 Å². The Balaban J connectivity index is 1.39. The van der Waals surface area contributed by atoms with Gasteiger partial charge in [0.05, 0.1) is 0 Å². The van der Waals surface area contributed by atoms with E-state index in [2.05, 4.69) is 140 Å². The monoisotopic (exact) mass is 594 g/mol. The zero-order valence-electron chi connectivity index (χ0n) is 24.5. The van der Waals surface area contributed by atoms with Crippen LogP contribution in [0.3, 0.4) is 0 Å². The molecule has 0 aromatic heterocycles. The SMILES string of the molecule is C=P(c1cccc(F)c1)(c1ccc2c3ccccc3c3ccccc3c2c1)c1ccc2c3ccccc3c3ccccc3c2c1. The third kappa shape index (κ3) is 3.84. The van der Waals surface area contributed by atoms with Crippen molar-refractivity contribution in [1.29, 1.82) is 0 Å². The summed E-state index contributed by atoms with van der Waals surface area (Å²) in [5, 5.41) is 17.9. The minimum atomic E-state index is -2.53. The smallest absolute Gasteiger partial charge is 0.123 e. The van der Waals surface area contributed by atoms with Gasteiger partial charge in [0.25, 0.3) is 0 Å². The van der Waals surface area contributed by atoms with Crippen molar-refractivity contribution in [3.63, 3.8) is 0 Å². The molecule has 0 spiro atoms. The number of rotatable bonds is 3. The zero-order valence-corrected chi connectivity index (χ0v) is 25.4. The fraction of sp³-hybridized carbons (Fsp3) is 0. The Bertz CT molecular complexity index is 2470. The lowest BCUT2D eigenvalue weighted by molar-refractivity contribution is 0.629. The highest BCUT2D eigenvalue weighted by atomic mass is 31.2. The summed E-state index contributed by atoms with van der Waals surface area (Å²) >= 11 is 0. The van der Waals surface area contributed by atoms with E-state index in [-0.39, 0.29) is 5.82 Å². The Morgan fingerprint density at radius 3 is 0.978 bits per heavy atom. The second-order valence-corrected chi connectivity index (χ2v) is 15.1. The molecule has 2 heteroatoms. The Morgan fingerprint density at radius 2 is 0.622 bits per heavy atom. The predicted octanol–water partition coefficient (Wildman–Crippen LogP) is 10.5. The molecule has 0 heterocycles. The molecule has 0 aliphatic heterocycles. The van der Waals surface area contributed by atoms with Gasteiger partial charge in [-0.1, -0.05) is 140 Å². The fourth-order valence-corrected chi connectivity index (χ4v) is 10.4. The van der Waals surface area contributed by atoms with Crippen molar-refractivity contribution in [3.8, 4) is 0 Å². The molecule has 0 atom stereocenters. The molecule has 0 N–H and O–H groups in total. The molecule has 9 aromatic carbocycles. The first-order chi connectivity index (χ1) is 22.1. The number of hydrogen-bond acceptors (Lipinski definition) is 0. The van der Waals surface area contributed by atoms with Crippen LogP contribution in [0.1, 0.15) is 0 Å². The van der Waals surface area contributed by atoms with Gasteiger partial charge in [0.1, 0.15) is 5.82 Å². The van der Waals surface area contributed by atoms with E-state index in [0.29, 0.717) is 0 Å². The summed E-state index contributed by atoms with van der Waals surface area (Å²) in [6.45, 7) is -2.53. The van der Waals surface area contributed by atoms with Gasteiger partial charge in [-0.2, -0.15) is 0 Å². The van der Waals surface area contributed by atoms with Crippen LogP contribution in [0, 0.1) is 5.82 Å². The van der Waals surface area contributed by atoms with E-state index < -0.39 is 6.89 Å². The van der Waals surface area contributed by atoms with Crippen molar-refractivity contribution < 1.29 is 4.39 Å². The lowest BCUT2D eigenvalue weighted by Crippen LogP contribution is -2.25. The van der Waals surface area contributed by atoms with Gasteiger partial charge in [-0.05, 0) is 112 Å². The van der Waals surface area contributed by atoms with E-state index in [9.17, 15) is 4.39 Å². The van der Waals surface area contributed by atoms with Crippen molar-refractivity contribution in [1.82, 2.24) is 0 Å². The van der Waals surface area contributed by atoms with E-state index in [1.54, 1.807) is 6.07 Å². The van der Waals surface area contributed by atoms with E-state index in [0.717, 1.165) is 15.9 Å². The van der Waals surface area contributed by atoms with E-state index >= 15 is 0 Å². The van der Waals surface area contributed by atoms with E-state index in [4.69, 9.17) is 6.30 Å². The van der Waals surface area contributed by atoms with Gasteiger partial charge in [0, 0.05) is 0 Å². The molecule has 0 nitrogen and oxygen atoms in total. The van der Waals surface area contributed by atoms with Crippen LogP contribution in [0.15, 0.2) is 158 Å². The molecule has 0 saturated carbocycles. The number of hydrogen-bond donors (Lipinski definition) is 0. The van der Waals surface area contributed by atoms with Gasteiger partial charge in [-0.25, -0.2) is 4.39 Å². The Hall–Kier alpha value is -5.23. The maximum absolute atomic E-state index is 15.0. The average Bonchev–Trinajstić information content (AvgIpc) is 3.11. The first-order valence-corrected chi connectivity index (χ1v) is 17.3. The summed E-state index contributed by atoms with van der Waals surface area (Å²) in [6.07, 6.45) is 5.06. The normalized spacial score (nSPS) is 12.2. The first kappa shape index (κ1) is 26.2. The highest BCUT2D eigenvalue weighted by Crippen LogP contribution is 2.46. The maximum atomic E-state index is 15.0. The molecule has 0 aliphatic carbocycles. The van der Waals surface area contributed by atoms with Gasteiger partial charge in [-0.3, -0.25) is 0 Å². The average molecular weight is 595 g/mol. The minimum absolute atomic E-state index is 0.241. The molecular formula is C43H28FP. The molecule has 45 heavy (non-hydrogen) atoms. The summed E-state index contributed by atoms with van der Waals surface area (Å²) in [5.74, 6) is -0.241. The molecule has 0 fully saturated rings. The first-order valence-electron chi connectivity index (χ1n) is 15.3. The zero-order chi connectivity index (χ0) is 30.1. The molecule has 9 rings (SSSR count). The standard InChI is InChI=1S/C43H28FP/c1-45(29-12-10-11-28(44)25-29,30-21-23-40-36-17-4-2-13-32(36)34-15-6-8-19-38(34)42(40)26-30)31-22-24-41-37-18-5-3-14-33(37)35-16-7-9-20-39(35)43(41)27-31/h2-27H,1H2. The third-order valence-electron chi connectivity index (χ3n) is 9.59. The summed E-state index contributed by atoms with van der Waals surface area (Å²) in [4.78, 5) is 0. The van der Waals surface area contributed by atoms with Gasteiger partial charge in [0.15, 0.2) is 0 Å². The van der Waals surface area contributed by atoms with Gasteiger partial charge >= 0.3 is 0 Å². The van der Waals surface area contributed by atoms with Crippen molar-refractivity contribution in [2.45, 2.75) is 0 Å². The Labute approximate surface area is 261 Å². The largest absolute Gasteiger partial charge is 0.207 e. The predicted molar refractivity (Wildman–Crippen MR) is 197 cm³/mol. The fourth-order valence-electron chi connectivity index (χ4n) is 7.43. The minimum Gasteiger partial charge on any atom is -0.207 e. The Kier molecular flexibility index (Phi) is 5.76. The molecule has 0 aliphatic rings. The molecule has 0 saturated heterocycles. The molecule has 212 valence electrons. The number of benzene rings is 9. The van der Waals surface area contributed by atoms with Crippen LogP contribution in [-0.2, 0) is 0 Å². The summed E-state index contributed by atoms with van der Waals surface area (Å²) < 4.78 is 15.0. The topological polar surface area (TPSA) is 0 Å². The van der Waals surface area contributed by atoms with Crippen LogP contribution in [0.5, 0.6) is 0 Å². The number of fused-ring (bicyclic) bond motifs is 12. The molecular weight excluding hydrogens is 566 g/mol. The van der Waals surface area contributed by atoms with E-state index in [1.807, 2.05) is 6.07 Å². The second kappa shape index (κ2) is 9.89. The van der Waals surface area contributed by atoms with Crippen LogP contribution >= 0.6 is 6.89 Å². The van der Waals surface area contributed by atoms with Gasteiger partial charge < -0.3 is 0 Å². The molecule has 0 amide bonds. The molecule has 0 unspecified atom stereocenters. The van der Waals surface area contributed by atoms with Crippen molar-refractivity contribution in [3.05, 3.63) is 164 Å². The Morgan fingerprint density at radius 1 is 0.311 bits per heavy atom. The van der Waals surface area contributed by atoms with Crippen LogP contribution < -0.4 is 15.9 Å². The maximum Gasteiger partial charge on any atom is 0.123 e. The lowest BCUT2D eigenvalue weighted by Gasteiger charge is -2.28. The highest BCUT2D eigenvalue weighted by molar-refractivity contribution is 7.93. The van der Waals surface area contributed by atoms with Gasteiger partial charge in [0.2, 0.25) is 0 Å². The molecule has 0 bridgehead atoms. The van der Waals surface area contributed by atoms with E-state index in [1.165, 1.54) is 70.7 Å². The summed E-state index contributed by atoms with van der Waals surface area (Å²) in [5.41, 5.74) is 0. The highest BCUT2D eigenvalue weighted by Gasteiger charge is 2.25. The molecule has 9 aromatic rings. The van der Waals surface area contributed by atoms with Crippen LogP contribution in [0.25, 0.3) is 64.6 Å². The van der Waals surface area contributed by atoms with Gasteiger partial charge in [-0.15, -0.1) is 0 Å². The van der Waals surface area contributed by atoms with Crippen LogP contribution in [-0.4, -0.2) is 6.30 Å². The lowest BCUT2D eigenvalue weighted by atomic mass is 9.94. The van der Waals surface area contributed by atoms with Crippen molar-refractivity contribution in [2.24, 2.45) is 0 Å². The second-order valence-electron chi connectivity index (χ2n) is 11.9. The molecule has 0 radical (unpaired) electrons. The van der Waals surface area contributed by atoms with Crippen LogP contribution in [0.4, 0.5) is 4.39 Å². The quantitative estimate of drug-likeness (QED) is 0.141. The number of halogens is 1. The third-order valence-corrected chi connectivity index (χ3v) is 13.1. The summed E-state index contributed by atoms with van der Waals surface area (Å²) in [6, 6.07) is 55.3. The van der Waals surface area contributed by atoms with Crippen molar-refractivity contribution in [2.75, 3.05) is 0 Å².